The maximum absolute atomic E-state index is 5.82. The van der Waals surface area contributed by atoms with Crippen LogP contribution in [0.5, 0.6) is 0 Å². The van der Waals surface area contributed by atoms with E-state index in [-0.39, 0.29) is 0 Å². The standard InChI is InChI=1S/C10H16N4/c1-7-5-13-14(2)9(7)6-12-10(11)8-3-4-8/h5,8H,3-4,6H2,1-2H3,(H2,11,12). The van der Waals surface area contributed by atoms with E-state index in [2.05, 4.69) is 10.1 Å². The molecule has 1 fully saturated rings. The van der Waals surface area contributed by atoms with E-state index in [1.54, 1.807) is 0 Å². The number of aryl methyl sites for hydroxylation is 2. The van der Waals surface area contributed by atoms with E-state index in [1.807, 2.05) is 24.9 Å². The van der Waals surface area contributed by atoms with Crippen LogP contribution in [0.25, 0.3) is 0 Å². The zero-order valence-electron chi connectivity index (χ0n) is 8.70. The second kappa shape index (κ2) is 3.44. The fraction of sp³-hybridized carbons (Fsp3) is 0.600. The normalized spacial score (nSPS) is 17.4. The maximum atomic E-state index is 5.82. The fourth-order valence-corrected chi connectivity index (χ4v) is 1.47. The molecule has 2 N–H and O–H groups in total. The van der Waals surface area contributed by atoms with Crippen molar-refractivity contribution < 1.29 is 0 Å². The van der Waals surface area contributed by atoms with Crippen molar-refractivity contribution in [2.75, 3.05) is 0 Å². The molecule has 0 aliphatic heterocycles. The van der Waals surface area contributed by atoms with Crippen molar-refractivity contribution in [3.05, 3.63) is 17.5 Å². The molecular formula is C10H16N4. The summed E-state index contributed by atoms with van der Waals surface area (Å²) in [6.45, 7) is 2.70. The van der Waals surface area contributed by atoms with Crippen molar-refractivity contribution >= 4 is 5.84 Å². The van der Waals surface area contributed by atoms with Crippen LogP contribution in [0.15, 0.2) is 11.2 Å². The number of aromatic nitrogens is 2. The quantitative estimate of drug-likeness (QED) is 0.573. The zero-order valence-corrected chi connectivity index (χ0v) is 8.70. The first kappa shape index (κ1) is 9.24. The third-order valence-electron chi connectivity index (χ3n) is 2.68. The number of aliphatic imine (C=N–C) groups is 1. The summed E-state index contributed by atoms with van der Waals surface area (Å²) in [5, 5.41) is 4.16. The summed E-state index contributed by atoms with van der Waals surface area (Å²) < 4.78 is 1.86. The largest absolute Gasteiger partial charge is 0.387 e. The highest BCUT2D eigenvalue weighted by Gasteiger charge is 2.25. The minimum absolute atomic E-state index is 0.559. The molecule has 0 radical (unpaired) electrons. The van der Waals surface area contributed by atoms with Gasteiger partial charge in [-0.05, 0) is 25.3 Å². The molecule has 4 nitrogen and oxygen atoms in total. The molecule has 0 spiro atoms. The van der Waals surface area contributed by atoms with Gasteiger partial charge in [0, 0.05) is 13.0 Å². The van der Waals surface area contributed by atoms with Crippen molar-refractivity contribution in [1.29, 1.82) is 0 Å². The summed E-state index contributed by atoms with van der Waals surface area (Å²) in [6, 6.07) is 0. The van der Waals surface area contributed by atoms with Gasteiger partial charge in [-0.1, -0.05) is 0 Å². The third-order valence-corrected chi connectivity index (χ3v) is 2.68. The molecule has 4 heteroatoms. The average Bonchev–Trinajstić information content (AvgIpc) is 2.93. The number of nitrogens with two attached hydrogens (primary N) is 1. The number of hydrogen-bond donors (Lipinski definition) is 1. The van der Waals surface area contributed by atoms with Gasteiger partial charge in [-0.15, -0.1) is 0 Å². The van der Waals surface area contributed by atoms with Gasteiger partial charge in [0.1, 0.15) is 0 Å². The summed E-state index contributed by atoms with van der Waals surface area (Å²) in [6.07, 6.45) is 4.28. The second-order valence-electron chi connectivity index (χ2n) is 3.91. The Morgan fingerprint density at radius 2 is 2.43 bits per heavy atom. The molecule has 0 atom stereocenters. The Hall–Kier alpha value is -1.32. The van der Waals surface area contributed by atoms with E-state index in [4.69, 9.17) is 5.73 Å². The first-order valence-electron chi connectivity index (χ1n) is 4.95. The van der Waals surface area contributed by atoms with E-state index < -0.39 is 0 Å². The van der Waals surface area contributed by atoms with Crippen molar-refractivity contribution in [3.8, 4) is 0 Å². The monoisotopic (exact) mass is 192 g/mol. The molecule has 1 aromatic rings. The van der Waals surface area contributed by atoms with Gasteiger partial charge in [-0.2, -0.15) is 5.10 Å². The molecule has 1 aliphatic carbocycles. The van der Waals surface area contributed by atoms with E-state index in [0.29, 0.717) is 12.5 Å². The van der Waals surface area contributed by atoms with E-state index >= 15 is 0 Å². The predicted octanol–water partition coefficient (Wildman–Crippen LogP) is 0.996. The molecule has 0 amide bonds. The van der Waals surface area contributed by atoms with Gasteiger partial charge in [0.25, 0.3) is 0 Å². The first-order chi connectivity index (χ1) is 6.68. The van der Waals surface area contributed by atoms with Gasteiger partial charge < -0.3 is 5.73 Å². The van der Waals surface area contributed by atoms with Crippen LogP contribution in [-0.4, -0.2) is 15.6 Å². The molecule has 0 unspecified atom stereocenters. The number of rotatable bonds is 3. The maximum Gasteiger partial charge on any atom is 0.0973 e. The molecular weight excluding hydrogens is 176 g/mol. The number of hydrogen-bond acceptors (Lipinski definition) is 2. The van der Waals surface area contributed by atoms with Gasteiger partial charge >= 0.3 is 0 Å². The van der Waals surface area contributed by atoms with Crippen molar-refractivity contribution in [2.24, 2.45) is 23.7 Å². The summed E-state index contributed by atoms with van der Waals surface area (Å²) in [5.41, 5.74) is 8.14. The topological polar surface area (TPSA) is 56.2 Å². The lowest BCUT2D eigenvalue weighted by molar-refractivity contribution is 0.709. The van der Waals surface area contributed by atoms with Gasteiger partial charge in [0.15, 0.2) is 0 Å². The van der Waals surface area contributed by atoms with Crippen LogP contribution < -0.4 is 5.73 Å². The predicted molar refractivity (Wildman–Crippen MR) is 56.0 cm³/mol. The van der Waals surface area contributed by atoms with Crippen LogP contribution in [0.3, 0.4) is 0 Å². The van der Waals surface area contributed by atoms with Gasteiger partial charge in [0.05, 0.1) is 24.3 Å². The van der Waals surface area contributed by atoms with Crippen molar-refractivity contribution in [1.82, 2.24) is 9.78 Å². The molecule has 0 saturated heterocycles. The van der Waals surface area contributed by atoms with Crippen molar-refractivity contribution in [2.45, 2.75) is 26.3 Å². The Balaban J connectivity index is 2.06. The zero-order chi connectivity index (χ0) is 10.1. The Morgan fingerprint density at radius 1 is 1.71 bits per heavy atom. The first-order valence-corrected chi connectivity index (χ1v) is 4.95. The lowest BCUT2D eigenvalue weighted by Crippen LogP contribution is -2.14. The SMILES string of the molecule is Cc1cnn(C)c1CN=C(N)C1CC1. The molecule has 1 aliphatic rings. The summed E-state index contributed by atoms with van der Waals surface area (Å²) >= 11 is 0. The van der Waals surface area contributed by atoms with Gasteiger partial charge in [0.2, 0.25) is 0 Å². The van der Waals surface area contributed by atoms with Gasteiger partial charge in [-0.3, -0.25) is 9.67 Å². The molecule has 1 saturated carbocycles. The summed E-state index contributed by atoms with van der Waals surface area (Å²) in [5.74, 6) is 1.37. The highest BCUT2D eigenvalue weighted by molar-refractivity contribution is 5.84. The van der Waals surface area contributed by atoms with Crippen LogP contribution >= 0.6 is 0 Å². The highest BCUT2D eigenvalue weighted by atomic mass is 15.3. The van der Waals surface area contributed by atoms with Crippen LogP contribution in [0.1, 0.15) is 24.1 Å². The highest BCUT2D eigenvalue weighted by Crippen LogP contribution is 2.28. The Kier molecular flexibility index (Phi) is 2.27. The molecule has 1 aromatic heterocycles. The Bertz CT molecular complexity index is 341. The van der Waals surface area contributed by atoms with Crippen LogP contribution in [-0.2, 0) is 13.6 Å². The van der Waals surface area contributed by atoms with E-state index in [0.717, 1.165) is 11.5 Å². The smallest absolute Gasteiger partial charge is 0.0973 e. The Morgan fingerprint density at radius 3 is 2.93 bits per heavy atom. The summed E-state index contributed by atoms with van der Waals surface area (Å²) in [4.78, 5) is 4.38. The molecule has 2 rings (SSSR count). The molecule has 0 aromatic carbocycles. The van der Waals surface area contributed by atoms with E-state index in [1.165, 1.54) is 18.4 Å². The average molecular weight is 192 g/mol. The van der Waals surface area contributed by atoms with Crippen LogP contribution in [0.2, 0.25) is 0 Å². The van der Waals surface area contributed by atoms with E-state index in [9.17, 15) is 0 Å². The second-order valence-corrected chi connectivity index (χ2v) is 3.91. The summed E-state index contributed by atoms with van der Waals surface area (Å²) in [7, 11) is 1.94. The van der Waals surface area contributed by atoms with Crippen molar-refractivity contribution in [3.63, 3.8) is 0 Å². The van der Waals surface area contributed by atoms with Gasteiger partial charge in [-0.25, -0.2) is 0 Å². The minimum Gasteiger partial charge on any atom is -0.387 e. The fourth-order valence-electron chi connectivity index (χ4n) is 1.47. The molecule has 1 heterocycles. The minimum atomic E-state index is 0.559. The lowest BCUT2D eigenvalue weighted by atomic mass is 10.3. The third kappa shape index (κ3) is 1.78. The molecule has 76 valence electrons. The lowest BCUT2D eigenvalue weighted by Gasteiger charge is -2.01. The number of amidine groups is 1. The van der Waals surface area contributed by atoms with Crippen LogP contribution in [0, 0.1) is 12.8 Å². The molecule has 14 heavy (non-hydrogen) atoms. The van der Waals surface area contributed by atoms with Crippen LogP contribution in [0.4, 0.5) is 0 Å². The molecule has 0 bridgehead atoms. The Labute approximate surface area is 83.8 Å². The number of nitrogens with zero attached hydrogens (tertiary/aromatic N) is 3.